The molecule has 1 N–H and O–H groups in total. The van der Waals surface area contributed by atoms with Crippen LogP contribution in [0, 0.1) is 6.92 Å². The Kier molecular flexibility index (Phi) is 4.09. The Morgan fingerprint density at radius 2 is 2.12 bits per heavy atom. The van der Waals surface area contributed by atoms with Crippen molar-refractivity contribution in [3.8, 4) is 0 Å². The molecule has 4 rings (SSSR count). The van der Waals surface area contributed by atoms with Crippen molar-refractivity contribution < 1.29 is 9.59 Å². The van der Waals surface area contributed by atoms with Crippen molar-refractivity contribution in [3.05, 3.63) is 40.5 Å². The molecule has 0 saturated carbocycles. The molecule has 2 fully saturated rings. The predicted octanol–water partition coefficient (Wildman–Crippen LogP) is 1.34. The normalized spacial score (nSPS) is 21.4. The van der Waals surface area contributed by atoms with Gasteiger partial charge in [-0.2, -0.15) is 0 Å². The first-order valence-corrected chi connectivity index (χ1v) is 8.74. The predicted molar refractivity (Wildman–Crippen MR) is 95.3 cm³/mol. The monoisotopic (exact) mass is 358 g/mol. The second kappa shape index (κ2) is 6.28. The summed E-state index contributed by atoms with van der Waals surface area (Å²) in [6.07, 6.45) is 0. The molecule has 1 aromatic heterocycles. The molecule has 0 radical (unpaired) electrons. The summed E-state index contributed by atoms with van der Waals surface area (Å²) in [5, 5.41) is 4.21. The number of amides is 2. The first-order chi connectivity index (χ1) is 12.0. The second-order valence-corrected chi connectivity index (χ2v) is 7.05. The van der Waals surface area contributed by atoms with Gasteiger partial charge in [-0.3, -0.25) is 14.5 Å². The maximum absolute atomic E-state index is 12.1. The lowest BCUT2D eigenvalue weighted by molar-refractivity contribution is -0.149. The fourth-order valence-electron chi connectivity index (χ4n) is 3.56. The van der Waals surface area contributed by atoms with Crippen LogP contribution in [0.2, 0.25) is 5.15 Å². The van der Waals surface area contributed by atoms with E-state index in [4.69, 9.17) is 11.6 Å². The average Bonchev–Trinajstić information content (AvgIpc) is 2.59. The summed E-state index contributed by atoms with van der Waals surface area (Å²) in [7, 11) is 0. The number of aromatic nitrogens is 1. The topological polar surface area (TPSA) is 65.5 Å². The van der Waals surface area contributed by atoms with Crippen molar-refractivity contribution in [3.63, 3.8) is 0 Å². The van der Waals surface area contributed by atoms with Gasteiger partial charge >= 0.3 is 0 Å². The Balaban J connectivity index is 1.56. The third kappa shape index (κ3) is 3.07. The lowest BCUT2D eigenvalue weighted by Crippen LogP contribution is -2.65. The van der Waals surface area contributed by atoms with Crippen molar-refractivity contribution in [1.29, 1.82) is 0 Å². The van der Waals surface area contributed by atoms with Crippen molar-refractivity contribution in [2.75, 3.05) is 26.2 Å². The molecule has 2 aliphatic heterocycles. The van der Waals surface area contributed by atoms with Gasteiger partial charge < -0.3 is 10.2 Å². The van der Waals surface area contributed by atoms with Crippen LogP contribution in [0.15, 0.2) is 24.3 Å². The van der Waals surface area contributed by atoms with Crippen LogP contribution in [-0.4, -0.2) is 58.8 Å². The first kappa shape index (κ1) is 16.3. The largest absolute Gasteiger partial charge is 0.345 e. The number of hydrogen-bond donors (Lipinski definition) is 1. The summed E-state index contributed by atoms with van der Waals surface area (Å²) in [6, 6.07) is 7.73. The molecule has 2 amide bonds. The van der Waals surface area contributed by atoms with E-state index in [1.54, 1.807) is 4.90 Å². The van der Waals surface area contributed by atoms with Gasteiger partial charge in [0.2, 0.25) is 11.8 Å². The maximum Gasteiger partial charge on any atom is 0.244 e. The molecule has 1 atom stereocenters. The van der Waals surface area contributed by atoms with Gasteiger partial charge in [0.1, 0.15) is 11.2 Å². The van der Waals surface area contributed by atoms with Gasteiger partial charge in [0, 0.05) is 37.1 Å². The fraction of sp³-hybridized carbons (Fsp3) is 0.389. The highest BCUT2D eigenvalue weighted by Gasteiger charge is 2.38. The standard InChI is InChI=1S/C18H19ClN4O2/c1-11-2-3-14-12(6-11)7-13(17(19)21-14)9-22-4-5-23-15(10-22)18(25)20-8-16(23)24/h2-3,6-7,15H,4-5,8-10H2,1H3,(H,20,25). The second-order valence-electron chi connectivity index (χ2n) is 6.69. The van der Waals surface area contributed by atoms with Crippen LogP contribution in [0.3, 0.4) is 0 Å². The molecule has 0 spiro atoms. The van der Waals surface area contributed by atoms with Crippen LogP contribution in [0.5, 0.6) is 0 Å². The van der Waals surface area contributed by atoms with Crippen LogP contribution in [-0.2, 0) is 16.1 Å². The van der Waals surface area contributed by atoms with Gasteiger partial charge in [-0.1, -0.05) is 23.2 Å². The number of halogens is 1. The molecule has 130 valence electrons. The number of nitrogens with one attached hydrogen (secondary N) is 1. The molecule has 6 nitrogen and oxygen atoms in total. The minimum atomic E-state index is -0.413. The minimum Gasteiger partial charge on any atom is -0.345 e. The number of hydrogen-bond acceptors (Lipinski definition) is 4. The number of aryl methyl sites for hydroxylation is 1. The average molecular weight is 359 g/mol. The summed E-state index contributed by atoms with van der Waals surface area (Å²) in [6.45, 7) is 4.56. The van der Waals surface area contributed by atoms with E-state index in [2.05, 4.69) is 27.3 Å². The van der Waals surface area contributed by atoms with Gasteiger partial charge in [-0.15, -0.1) is 0 Å². The Hall–Kier alpha value is -2.18. The van der Waals surface area contributed by atoms with Crippen molar-refractivity contribution >= 4 is 34.3 Å². The van der Waals surface area contributed by atoms with Gasteiger partial charge in [0.25, 0.3) is 0 Å². The maximum atomic E-state index is 12.1. The highest BCUT2D eigenvalue weighted by atomic mass is 35.5. The molecule has 3 heterocycles. The number of carbonyl (C=O) groups excluding carboxylic acids is 2. The Labute approximate surface area is 150 Å². The van der Waals surface area contributed by atoms with E-state index in [1.807, 2.05) is 19.1 Å². The van der Waals surface area contributed by atoms with Crippen LogP contribution in [0.4, 0.5) is 0 Å². The number of benzene rings is 1. The fourth-order valence-corrected chi connectivity index (χ4v) is 3.76. The summed E-state index contributed by atoms with van der Waals surface area (Å²) < 4.78 is 0. The molecule has 2 aromatic rings. The van der Waals surface area contributed by atoms with Crippen molar-refractivity contribution in [2.45, 2.75) is 19.5 Å². The molecule has 7 heteroatoms. The zero-order chi connectivity index (χ0) is 17.6. The first-order valence-electron chi connectivity index (χ1n) is 8.36. The number of carbonyl (C=O) groups is 2. The summed E-state index contributed by atoms with van der Waals surface area (Å²) in [5.41, 5.74) is 2.99. The van der Waals surface area contributed by atoms with Gasteiger partial charge in [0.15, 0.2) is 0 Å². The lowest BCUT2D eigenvalue weighted by Gasteiger charge is -2.43. The molecule has 1 aromatic carbocycles. The Morgan fingerprint density at radius 1 is 1.28 bits per heavy atom. The summed E-state index contributed by atoms with van der Waals surface area (Å²) in [5.74, 6) is -0.0900. The third-order valence-electron chi connectivity index (χ3n) is 4.89. The molecular formula is C18H19ClN4O2. The van der Waals surface area contributed by atoms with Crippen molar-refractivity contribution in [1.82, 2.24) is 20.1 Å². The summed E-state index contributed by atoms with van der Waals surface area (Å²) >= 11 is 6.37. The van der Waals surface area contributed by atoms with E-state index in [0.717, 1.165) is 23.0 Å². The minimum absolute atomic E-state index is 0.00914. The molecule has 0 aliphatic carbocycles. The van der Waals surface area contributed by atoms with Crippen LogP contribution >= 0.6 is 11.6 Å². The number of fused-ring (bicyclic) bond motifs is 2. The van der Waals surface area contributed by atoms with Gasteiger partial charge in [0.05, 0.1) is 12.1 Å². The van der Waals surface area contributed by atoms with Gasteiger partial charge in [-0.05, 0) is 25.1 Å². The molecule has 0 bridgehead atoms. The van der Waals surface area contributed by atoms with E-state index in [0.29, 0.717) is 24.8 Å². The van der Waals surface area contributed by atoms with Crippen molar-refractivity contribution in [2.24, 2.45) is 0 Å². The third-order valence-corrected chi connectivity index (χ3v) is 5.22. The number of rotatable bonds is 2. The smallest absolute Gasteiger partial charge is 0.244 e. The van der Waals surface area contributed by atoms with Crippen LogP contribution < -0.4 is 5.32 Å². The zero-order valence-corrected chi connectivity index (χ0v) is 14.7. The van der Waals surface area contributed by atoms with Crippen LogP contribution in [0.25, 0.3) is 10.9 Å². The number of nitrogens with zero attached hydrogens (tertiary/aromatic N) is 3. The molecule has 25 heavy (non-hydrogen) atoms. The van der Waals surface area contributed by atoms with E-state index < -0.39 is 6.04 Å². The van der Waals surface area contributed by atoms with Gasteiger partial charge in [-0.25, -0.2) is 4.98 Å². The van der Waals surface area contributed by atoms with E-state index in [1.165, 1.54) is 5.56 Å². The SMILES string of the molecule is Cc1ccc2nc(Cl)c(CN3CCN4C(=O)CNC(=O)C4C3)cc2c1. The Morgan fingerprint density at radius 3 is 2.96 bits per heavy atom. The summed E-state index contributed by atoms with van der Waals surface area (Å²) in [4.78, 5) is 32.3. The van der Waals surface area contributed by atoms with Crippen LogP contribution in [0.1, 0.15) is 11.1 Å². The highest BCUT2D eigenvalue weighted by Crippen LogP contribution is 2.24. The molecule has 1 unspecified atom stereocenters. The molecule has 2 aliphatic rings. The quantitative estimate of drug-likeness (QED) is 0.823. The lowest BCUT2D eigenvalue weighted by atomic mass is 10.1. The molecular weight excluding hydrogens is 340 g/mol. The highest BCUT2D eigenvalue weighted by molar-refractivity contribution is 6.30. The zero-order valence-electron chi connectivity index (χ0n) is 14.0. The number of pyridine rings is 1. The van der Waals surface area contributed by atoms with E-state index in [-0.39, 0.29) is 18.4 Å². The Bertz CT molecular complexity index is 870. The number of piperazine rings is 2. The van der Waals surface area contributed by atoms with E-state index >= 15 is 0 Å². The van der Waals surface area contributed by atoms with E-state index in [9.17, 15) is 9.59 Å². The molecule has 2 saturated heterocycles.